The molecular formula is C17H21N7OS. The van der Waals surface area contributed by atoms with Gasteiger partial charge in [-0.3, -0.25) is 4.79 Å². The lowest BCUT2D eigenvalue weighted by Crippen LogP contribution is -2.48. The van der Waals surface area contributed by atoms with Crippen LogP contribution < -0.4 is 22.1 Å². The van der Waals surface area contributed by atoms with Crippen LogP contribution in [0.4, 0.5) is 11.4 Å². The molecule has 3 rings (SSSR count). The predicted molar refractivity (Wildman–Crippen MR) is 106 cm³/mol. The molecule has 0 saturated carbocycles. The van der Waals surface area contributed by atoms with Crippen molar-refractivity contribution in [3.63, 3.8) is 0 Å². The Bertz CT molecular complexity index is 802. The summed E-state index contributed by atoms with van der Waals surface area (Å²) in [5.41, 5.74) is 17.9. The Morgan fingerprint density at radius 3 is 2.27 bits per heavy atom. The van der Waals surface area contributed by atoms with Crippen LogP contribution in [0.2, 0.25) is 0 Å². The summed E-state index contributed by atoms with van der Waals surface area (Å²) in [5.74, 6) is -0.00386. The molecule has 0 unspecified atom stereocenters. The molecule has 0 atom stereocenters. The molecule has 1 aliphatic rings. The van der Waals surface area contributed by atoms with E-state index in [0.717, 1.165) is 23.7 Å². The van der Waals surface area contributed by atoms with Crippen molar-refractivity contribution in [1.82, 2.24) is 4.90 Å². The van der Waals surface area contributed by atoms with Gasteiger partial charge in [-0.1, -0.05) is 6.07 Å². The molecule has 136 valence electrons. The number of amides is 1. The van der Waals surface area contributed by atoms with Crippen LogP contribution in [0.3, 0.4) is 0 Å². The number of hydrogen-bond acceptors (Lipinski definition) is 4. The number of nitrogens with zero attached hydrogens (tertiary/aromatic N) is 4. The largest absolute Gasteiger partial charge is 0.370 e. The summed E-state index contributed by atoms with van der Waals surface area (Å²) in [6.07, 6.45) is 0. The number of nitrogens with two attached hydrogens (primary N) is 3. The van der Waals surface area contributed by atoms with Crippen molar-refractivity contribution < 1.29 is 4.79 Å². The molecule has 2 heterocycles. The molecule has 1 aromatic carbocycles. The first-order valence-corrected chi connectivity index (χ1v) is 9.02. The lowest BCUT2D eigenvalue weighted by molar-refractivity contribution is 0.0751. The summed E-state index contributed by atoms with van der Waals surface area (Å²) in [5, 5.41) is 1.92. The van der Waals surface area contributed by atoms with Crippen LogP contribution in [-0.2, 0) is 0 Å². The van der Waals surface area contributed by atoms with E-state index in [9.17, 15) is 4.79 Å². The molecule has 1 aliphatic heterocycles. The van der Waals surface area contributed by atoms with Gasteiger partial charge in [0.1, 0.15) is 0 Å². The van der Waals surface area contributed by atoms with Crippen molar-refractivity contribution >= 4 is 40.5 Å². The molecule has 1 fully saturated rings. The molecule has 1 aromatic heterocycles. The quantitative estimate of drug-likeness (QED) is 0.546. The van der Waals surface area contributed by atoms with E-state index < -0.39 is 0 Å². The first-order chi connectivity index (χ1) is 12.5. The topological polar surface area (TPSA) is 126 Å². The Kier molecular flexibility index (Phi) is 5.37. The normalized spacial score (nSPS) is 15.0. The molecule has 6 N–H and O–H groups in total. The van der Waals surface area contributed by atoms with Gasteiger partial charge in [-0.05, 0) is 35.7 Å². The zero-order valence-corrected chi connectivity index (χ0v) is 15.0. The number of hydrogen-bond donors (Lipinski definition) is 3. The van der Waals surface area contributed by atoms with E-state index in [4.69, 9.17) is 17.2 Å². The van der Waals surface area contributed by atoms with Gasteiger partial charge < -0.3 is 27.0 Å². The third-order valence-corrected chi connectivity index (χ3v) is 4.86. The molecular weight excluding hydrogens is 350 g/mol. The highest BCUT2D eigenvalue weighted by atomic mass is 32.1. The second-order valence-electron chi connectivity index (χ2n) is 5.78. The van der Waals surface area contributed by atoms with Gasteiger partial charge in [-0.15, -0.1) is 11.3 Å². The number of guanidine groups is 2. The molecule has 1 amide bonds. The molecule has 9 heteroatoms. The highest BCUT2D eigenvalue weighted by molar-refractivity contribution is 7.12. The first-order valence-electron chi connectivity index (χ1n) is 8.14. The molecule has 8 nitrogen and oxygen atoms in total. The fourth-order valence-corrected chi connectivity index (χ4v) is 3.44. The first kappa shape index (κ1) is 17.7. The number of rotatable bonds is 3. The molecule has 0 radical (unpaired) electrons. The number of carbonyl (C=O) groups is 1. The van der Waals surface area contributed by atoms with Gasteiger partial charge >= 0.3 is 0 Å². The Morgan fingerprint density at radius 2 is 1.69 bits per heavy atom. The summed E-state index contributed by atoms with van der Waals surface area (Å²) in [4.78, 5) is 25.1. The maximum Gasteiger partial charge on any atom is 0.264 e. The maximum absolute atomic E-state index is 12.4. The van der Waals surface area contributed by atoms with E-state index in [1.807, 2.05) is 46.7 Å². The summed E-state index contributed by atoms with van der Waals surface area (Å²) < 4.78 is 0. The van der Waals surface area contributed by atoms with Gasteiger partial charge in [0.15, 0.2) is 5.96 Å². The molecule has 0 bridgehead atoms. The molecule has 2 aromatic rings. The SMILES string of the molecule is NC(N)=NC(N)=Nc1ccc(N2CCN(C(=O)c3cccs3)CC2)cc1. The monoisotopic (exact) mass is 371 g/mol. The van der Waals surface area contributed by atoms with E-state index in [1.165, 1.54) is 11.3 Å². The molecule has 0 spiro atoms. The fourth-order valence-electron chi connectivity index (χ4n) is 2.75. The predicted octanol–water partition coefficient (Wildman–Crippen LogP) is 0.930. The van der Waals surface area contributed by atoms with Gasteiger partial charge in [0.25, 0.3) is 5.91 Å². The Labute approximate surface area is 155 Å². The van der Waals surface area contributed by atoms with Gasteiger partial charge in [0, 0.05) is 31.9 Å². The minimum absolute atomic E-state index is 0.0125. The summed E-state index contributed by atoms with van der Waals surface area (Å²) >= 11 is 1.48. The third kappa shape index (κ3) is 4.31. The Morgan fingerprint density at radius 1 is 1.00 bits per heavy atom. The lowest BCUT2D eigenvalue weighted by Gasteiger charge is -2.36. The van der Waals surface area contributed by atoms with Gasteiger partial charge in [0.2, 0.25) is 5.96 Å². The Balaban J connectivity index is 1.59. The van der Waals surface area contributed by atoms with Crippen LogP contribution in [-0.4, -0.2) is 48.9 Å². The zero-order chi connectivity index (χ0) is 18.5. The van der Waals surface area contributed by atoms with Crippen LogP contribution in [0.15, 0.2) is 51.8 Å². The van der Waals surface area contributed by atoms with E-state index in [2.05, 4.69) is 14.9 Å². The number of carbonyl (C=O) groups excluding carboxylic acids is 1. The average molecular weight is 371 g/mol. The highest BCUT2D eigenvalue weighted by Crippen LogP contribution is 2.22. The number of benzene rings is 1. The molecule has 0 aliphatic carbocycles. The molecule has 1 saturated heterocycles. The smallest absolute Gasteiger partial charge is 0.264 e. The Hall–Kier alpha value is -3.07. The molecule has 26 heavy (non-hydrogen) atoms. The standard InChI is InChI=1S/C17H21N7OS/c18-16(19)22-17(20)21-12-3-5-13(6-4-12)23-7-9-24(10-8-23)15(25)14-2-1-11-26-14/h1-6,11H,7-10H2,(H6,18,19,20,21,22). The highest BCUT2D eigenvalue weighted by Gasteiger charge is 2.22. The number of piperazine rings is 1. The van der Waals surface area contributed by atoms with Crippen molar-refractivity contribution in [2.45, 2.75) is 0 Å². The minimum Gasteiger partial charge on any atom is -0.370 e. The summed E-state index contributed by atoms with van der Waals surface area (Å²) in [6, 6.07) is 11.4. The van der Waals surface area contributed by atoms with Gasteiger partial charge in [-0.2, -0.15) is 4.99 Å². The van der Waals surface area contributed by atoms with Crippen LogP contribution >= 0.6 is 11.3 Å². The summed E-state index contributed by atoms with van der Waals surface area (Å²) in [7, 11) is 0. The van der Waals surface area contributed by atoms with E-state index in [-0.39, 0.29) is 17.8 Å². The number of aliphatic imine (C=N–C) groups is 2. The van der Waals surface area contributed by atoms with Crippen LogP contribution in [0.5, 0.6) is 0 Å². The van der Waals surface area contributed by atoms with Crippen molar-refractivity contribution in [2.75, 3.05) is 31.1 Å². The van der Waals surface area contributed by atoms with Crippen LogP contribution in [0.25, 0.3) is 0 Å². The average Bonchev–Trinajstić information content (AvgIpc) is 3.16. The summed E-state index contributed by atoms with van der Waals surface area (Å²) in [6.45, 7) is 2.98. The lowest BCUT2D eigenvalue weighted by atomic mass is 10.2. The third-order valence-electron chi connectivity index (χ3n) is 4.00. The minimum atomic E-state index is -0.127. The fraction of sp³-hybridized carbons (Fsp3) is 0.235. The van der Waals surface area contributed by atoms with Crippen LogP contribution in [0, 0.1) is 0 Å². The maximum atomic E-state index is 12.4. The van der Waals surface area contributed by atoms with Crippen molar-refractivity contribution in [3.8, 4) is 0 Å². The second kappa shape index (κ2) is 7.87. The van der Waals surface area contributed by atoms with Crippen molar-refractivity contribution in [3.05, 3.63) is 46.7 Å². The van der Waals surface area contributed by atoms with E-state index >= 15 is 0 Å². The number of anilines is 1. The van der Waals surface area contributed by atoms with Crippen LogP contribution in [0.1, 0.15) is 9.67 Å². The zero-order valence-electron chi connectivity index (χ0n) is 14.2. The van der Waals surface area contributed by atoms with Crippen molar-refractivity contribution in [2.24, 2.45) is 27.2 Å². The van der Waals surface area contributed by atoms with E-state index in [1.54, 1.807) is 0 Å². The van der Waals surface area contributed by atoms with Gasteiger partial charge in [-0.25, -0.2) is 4.99 Å². The van der Waals surface area contributed by atoms with E-state index in [0.29, 0.717) is 18.8 Å². The number of thiophene rings is 1. The van der Waals surface area contributed by atoms with Crippen molar-refractivity contribution in [1.29, 1.82) is 0 Å². The van der Waals surface area contributed by atoms with Gasteiger partial charge in [0.05, 0.1) is 10.6 Å². The second-order valence-corrected chi connectivity index (χ2v) is 6.73.